The summed E-state index contributed by atoms with van der Waals surface area (Å²) < 4.78 is 5.87. The Morgan fingerprint density at radius 1 is 1.07 bits per heavy atom. The Labute approximate surface area is 165 Å². The maximum Gasteiger partial charge on any atom is 0.326 e. The molecule has 0 spiro atoms. The third kappa shape index (κ3) is 5.22. The van der Waals surface area contributed by atoms with Crippen molar-refractivity contribution in [2.24, 2.45) is 0 Å². The Morgan fingerprint density at radius 3 is 2.61 bits per heavy atom. The summed E-state index contributed by atoms with van der Waals surface area (Å²) in [4.78, 5) is 25.0. The first kappa shape index (κ1) is 19.7. The van der Waals surface area contributed by atoms with Crippen LogP contribution in [0.1, 0.15) is 36.8 Å². The maximum absolute atomic E-state index is 12.3. The summed E-state index contributed by atoms with van der Waals surface area (Å²) >= 11 is 0. The van der Waals surface area contributed by atoms with Crippen molar-refractivity contribution in [2.75, 3.05) is 13.2 Å². The number of carboxylic acid groups (broad SMARTS) is 1. The number of carbonyl (C=O) groups excluding carboxylic acids is 1. The largest absolute Gasteiger partial charge is 0.493 e. The predicted molar refractivity (Wildman–Crippen MR) is 109 cm³/mol. The molecule has 5 heteroatoms. The number of para-hydroxylation sites is 1. The maximum atomic E-state index is 12.3. The minimum absolute atomic E-state index is 0.106. The minimum Gasteiger partial charge on any atom is -0.493 e. The van der Waals surface area contributed by atoms with Crippen LogP contribution in [0.5, 0.6) is 5.75 Å². The summed E-state index contributed by atoms with van der Waals surface area (Å²) in [6.45, 7) is 0.942. The molecule has 1 aliphatic heterocycles. The molecule has 146 valence electrons. The molecular formula is C23H25NO4. The van der Waals surface area contributed by atoms with Crippen LogP contribution in [0.15, 0.2) is 54.6 Å². The van der Waals surface area contributed by atoms with Crippen molar-refractivity contribution in [1.82, 2.24) is 4.90 Å². The van der Waals surface area contributed by atoms with E-state index in [1.54, 1.807) is 0 Å². The van der Waals surface area contributed by atoms with Crippen LogP contribution in [-0.2, 0) is 9.59 Å². The number of carboxylic acids is 1. The van der Waals surface area contributed by atoms with Crippen molar-refractivity contribution in [3.63, 3.8) is 0 Å². The summed E-state index contributed by atoms with van der Waals surface area (Å²) in [5, 5.41) is 9.19. The number of hydrogen-bond donors (Lipinski definition) is 1. The van der Waals surface area contributed by atoms with Crippen molar-refractivity contribution in [3.05, 3.63) is 65.7 Å². The van der Waals surface area contributed by atoms with E-state index in [1.807, 2.05) is 66.7 Å². The van der Waals surface area contributed by atoms with E-state index in [4.69, 9.17) is 4.74 Å². The first-order valence-electron chi connectivity index (χ1n) is 9.62. The van der Waals surface area contributed by atoms with Crippen LogP contribution in [0.3, 0.4) is 0 Å². The average molecular weight is 379 g/mol. The van der Waals surface area contributed by atoms with Crippen molar-refractivity contribution in [1.29, 1.82) is 0 Å². The van der Waals surface area contributed by atoms with Gasteiger partial charge in [0.15, 0.2) is 0 Å². The number of rotatable bonds is 8. The number of hydrogen-bond acceptors (Lipinski definition) is 3. The molecule has 5 nitrogen and oxygen atoms in total. The number of nitrogens with zero attached hydrogens (tertiary/aromatic N) is 1. The van der Waals surface area contributed by atoms with Crippen LogP contribution < -0.4 is 4.74 Å². The summed E-state index contributed by atoms with van der Waals surface area (Å²) in [6, 6.07) is 17.1. The van der Waals surface area contributed by atoms with Gasteiger partial charge in [-0.1, -0.05) is 60.7 Å². The highest BCUT2D eigenvalue weighted by atomic mass is 16.5. The fourth-order valence-corrected chi connectivity index (χ4v) is 3.37. The average Bonchev–Trinajstić information content (AvgIpc) is 3.21. The zero-order valence-electron chi connectivity index (χ0n) is 15.8. The summed E-state index contributed by atoms with van der Waals surface area (Å²) in [5.74, 6) is -0.251. The number of aliphatic carboxylic acids is 1. The van der Waals surface area contributed by atoms with Crippen molar-refractivity contribution < 1.29 is 19.4 Å². The third-order valence-electron chi connectivity index (χ3n) is 4.82. The van der Waals surface area contributed by atoms with Gasteiger partial charge in [0, 0.05) is 18.5 Å². The molecule has 1 atom stereocenters. The van der Waals surface area contributed by atoms with Crippen LogP contribution in [0.4, 0.5) is 0 Å². The number of carbonyl (C=O) groups is 2. The van der Waals surface area contributed by atoms with Crippen LogP contribution in [0.25, 0.3) is 12.2 Å². The molecule has 0 saturated carbocycles. The second-order valence-corrected chi connectivity index (χ2v) is 6.82. The van der Waals surface area contributed by atoms with E-state index in [0.717, 1.165) is 23.3 Å². The van der Waals surface area contributed by atoms with Crippen LogP contribution in [0, 0.1) is 0 Å². The van der Waals surface area contributed by atoms with Crippen LogP contribution in [-0.4, -0.2) is 41.1 Å². The Kier molecular flexibility index (Phi) is 6.84. The van der Waals surface area contributed by atoms with Gasteiger partial charge in [-0.15, -0.1) is 0 Å². The standard InChI is InChI=1S/C23H25NO4/c25-22(24-16-6-11-20(24)23(26)27)13-7-17-28-21-12-5-4-10-19(21)15-14-18-8-2-1-3-9-18/h1-5,8-10,12,14-15,20H,6-7,11,13,16-17H2,(H,26,27)/b15-14+/t20-/m0/s1. The van der Waals surface area contributed by atoms with Crippen molar-refractivity contribution >= 4 is 24.0 Å². The van der Waals surface area contributed by atoms with E-state index in [-0.39, 0.29) is 5.91 Å². The smallest absolute Gasteiger partial charge is 0.326 e. The van der Waals surface area contributed by atoms with Gasteiger partial charge in [-0.3, -0.25) is 4.79 Å². The van der Waals surface area contributed by atoms with E-state index < -0.39 is 12.0 Å². The number of likely N-dealkylation sites (tertiary alicyclic amines) is 1. The fourth-order valence-electron chi connectivity index (χ4n) is 3.37. The monoisotopic (exact) mass is 379 g/mol. The van der Waals surface area contributed by atoms with E-state index in [0.29, 0.717) is 32.4 Å². The summed E-state index contributed by atoms with van der Waals surface area (Å²) in [6.07, 6.45) is 6.19. The topological polar surface area (TPSA) is 66.8 Å². The lowest BCUT2D eigenvalue weighted by Crippen LogP contribution is -2.40. The molecule has 0 unspecified atom stereocenters. The molecule has 0 aliphatic carbocycles. The lowest BCUT2D eigenvalue weighted by Gasteiger charge is -2.21. The van der Waals surface area contributed by atoms with E-state index in [2.05, 4.69) is 0 Å². The molecule has 0 bridgehead atoms. The lowest BCUT2D eigenvalue weighted by atomic mass is 10.1. The predicted octanol–water partition coefficient (Wildman–Crippen LogP) is 4.09. The SMILES string of the molecule is O=C(O)[C@@H]1CCCN1C(=O)CCCOc1ccccc1/C=C/c1ccccc1. The van der Waals surface area contributed by atoms with Gasteiger partial charge in [0.1, 0.15) is 11.8 Å². The van der Waals surface area contributed by atoms with Gasteiger partial charge in [0.05, 0.1) is 6.61 Å². The third-order valence-corrected chi connectivity index (χ3v) is 4.82. The van der Waals surface area contributed by atoms with E-state index in [9.17, 15) is 14.7 Å². The molecule has 3 rings (SSSR count). The summed E-state index contributed by atoms with van der Waals surface area (Å²) in [5.41, 5.74) is 2.09. The Bertz CT molecular complexity index is 832. The van der Waals surface area contributed by atoms with Gasteiger partial charge in [0.25, 0.3) is 0 Å². The zero-order valence-corrected chi connectivity index (χ0v) is 15.8. The first-order chi connectivity index (χ1) is 13.6. The molecule has 1 saturated heterocycles. The number of ether oxygens (including phenoxy) is 1. The lowest BCUT2D eigenvalue weighted by molar-refractivity contribution is -0.148. The highest BCUT2D eigenvalue weighted by molar-refractivity contribution is 5.84. The van der Waals surface area contributed by atoms with Crippen molar-refractivity contribution in [3.8, 4) is 5.75 Å². The zero-order chi connectivity index (χ0) is 19.8. The molecule has 2 aromatic rings. The van der Waals surface area contributed by atoms with Gasteiger partial charge < -0.3 is 14.7 Å². The molecule has 1 N–H and O–H groups in total. The normalized spacial score (nSPS) is 16.4. The second kappa shape index (κ2) is 9.74. The van der Waals surface area contributed by atoms with E-state index in [1.165, 1.54) is 4.90 Å². The molecule has 28 heavy (non-hydrogen) atoms. The molecule has 2 aromatic carbocycles. The molecule has 1 aliphatic rings. The fraction of sp³-hybridized carbons (Fsp3) is 0.304. The number of amides is 1. The van der Waals surface area contributed by atoms with Gasteiger partial charge in [-0.25, -0.2) is 4.79 Å². The van der Waals surface area contributed by atoms with Gasteiger partial charge >= 0.3 is 5.97 Å². The molecular weight excluding hydrogens is 354 g/mol. The molecule has 1 fully saturated rings. The number of benzene rings is 2. The van der Waals surface area contributed by atoms with Crippen molar-refractivity contribution in [2.45, 2.75) is 31.7 Å². The summed E-state index contributed by atoms with van der Waals surface area (Å²) in [7, 11) is 0. The Balaban J connectivity index is 1.51. The van der Waals surface area contributed by atoms with Crippen LogP contribution in [0.2, 0.25) is 0 Å². The quantitative estimate of drug-likeness (QED) is 0.554. The Hall–Kier alpha value is -3.08. The first-order valence-corrected chi connectivity index (χ1v) is 9.62. The highest BCUT2D eigenvalue weighted by Crippen LogP contribution is 2.22. The van der Waals surface area contributed by atoms with Gasteiger partial charge in [-0.2, -0.15) is 0 Å². The highest BCUT2D eigenvalue weighted by Gasteiger charge is 2.33. The van der Waals surface area contributed by atoms with E-state index >= 15 is 0 Å². The second-order valence-electron chi connectivity index (χ2n) is 6.82. The molecule has 0 radical (unpaired) electrons. The van der Waals surface area contributed by atoms with Gasteiger partial charge in [0.2, 0.25) is 5.91 Å². The molecule has 0 aromatic heterocycles. The van der Waals surface area contributed by atoms with Gasteiger partial charge in [-0.05, 0) is 30.9 Å². The molecule has 1 heterocycles. The Morgan fingerprint density at radius 2 is 1.82 bits per heavy atom. The van der Waals surface area contributed by atoms with Crippen LogP contribution >= 0.6 is 0 Å². The minimum atomic E-state index is -0.916. The molecule has 1 amide bonds.